The van der Waals surface area contributed by atoms with Crippen LogP contribution in [0.3, 0.4) is 0 Å². The zero-order valence-electron chi connectivity index (χ0n) is 15.5. The second-order valence-electron chi connectivity index (χ2n) is 6.91. The number of para-hydroxylation sites is 1. The molecule has 1 aliphatic heterocycles. The highest BCUT2D eigenvalue weighted by atomic mass is 16.5. The zero-order chi connectivity index (χ0) is 18.9. The van der Waals surface area contributed by atoms with E-state index in [-0.39, 0.29) is 6.04 Å². The smallest absolute Gasteiger partial charge is 0.261 e. The zero-order valence-corrected chi connectivity index (χ0v) is 15.5. The summed E-state index contributed by atoms with van der Waals surface area (Å²) >= 11 is 0. The molecule has 4 aromatic rings. The predicted octanol–water partition coefficient (Wildman–Crippen LogP) is 2.59. The van der Waals surface area contributed by atoms with Crippen molar-refractivity contribution in [3.8, 4) is 11.5 Å². The summed E-state index contributed by atoms with van der Waals surface area (Å²) in [7, 11) is 1.86. The number of rotatable bonds is 4. The van der Waals surface area contributed by atoms with Crippen molar-refractivity contribution >= 4 is 10.9 Å². The molecule has 0 saturated carbocycles. The Morgan fingerprint density at radius 1 is 1.21 bits per heavy atom. The van der Waals surface area contributed by atoms with E-state index in [1.165, 1.54) is 5.56 Å². The standard InChI is InChI=1S/C20H20N6O2/c1-25-11-16(10-22-25)20-23-19(24-28-20)17-13-27-9-8-26(17)12-15-5-2-4-14-6-3-7-21-18(14)15/h2-7,10-11,17H,8-9,12-13H2,1H3/t17-/m0/s1. The minimum absolute atomic E-state index is 0.0677. The van der Waals surface area contributed by atoms with Crippen molar-refractivity contribution in [2.75, 3.05) is 19.8 Å². The molecular formula is C20H20N6O2. The first-order valence-corrected chi connectivity index (χ1v) is 9.25. The average Bonchev–Trinajstić information content (AvgIpc) is 3.38. The van der Waals surface area contributed by atoms with Crippen LogP contribution in [-0.2, 0) is 18.3 Å². The highest BCUT2D eigenvalue weighted by molar-refractivity contribution is 5.81. The Bertz CT molecular complexity index is 1100. The summed E-state index contributed by atoms with van der Waals surface area (Å²) in [6, 6.07) is 10.3. The lowest BCUT2D eigenvalue weighted by Crippen LogP contribution is -2.39. The third-order valence-corrected chi connectivity index (χ3v) is 5.02. The van der Waals surface area contributed by atoms with Gasteiger partial charge in [-0.2, -0.15) is 10.1 Å². The van der Waals surface area contributed by atoms with Gasteiger partial charge in [-0.25, -0.2) is 0 Å². The van der Waals surface area contributed by atoms with E-state index in [0.717, 1.165) is 29.6 Å². The molecule has 142 valence electrons. The van der Waals surface area contributed by atoms with Crippen LogP contribution in [0, 0.1) is 0 Å². The summed E-state index contributed by atoms with van der Waals surface area (Å²) in [6.45, 7) is 2.76. The molecule has 3 aromatic heterocycles. The van der Waals surface area contributed by atoms with Crippen LogP contribution in [0.15, 0.2) is 53.4 Å². The highest BCUT2D eigenvalue weighted by Gasteiger charge is 2.29. The summed E-state index contributed by atoms with van der Waals surface area (Å²) in [4.78, 5) is 11.5. The first-order chi connectivity index (χ1) is 13.8. The van der Waals surface area contributed by atoms with Crippen molar-refractivity contribution in [3.63, 3.8) is 0 Å². The molecule has 1 aromatic carbocycles. The number of benzene rings is 1. The van der Waals surface area contributed by atoms with E-state index in [9.17, 15) is 0 Å². The maximum atomic E-state index is 5.72. The molecular weight excluding hydrogens is 356 g/mol. The third-order valence-electron chi connectivity index (χ3n) is 5.02. The molecule has 1 saturated heterocycles. The van der Waals surface area contributed by atoms with Gasteiger partial charge in [0.05, 0.1) is 36.5 Å². The number of nitrogens with zero attached hydrogens (tertiary/aromatic N) is 6. The van der Waals surface area contributed by atoms with Gasteiger partial charge in [0, 0.05) is 37.9 Å². The van der Waals surface area contributed by atoms with Crippen molar-refractivity contribution in [2.45, 2.75) is 12.6 Å². The molecule has 5 rings (SSSR count). The molecule has 0 radical (unpaired) electrons. The van der Waals surface area contributed by atoms with Gasteiger partial charge in [-0.3, -0.25) is 14.6 Å². The van der Waals surface area contributed by atoms with Crippen molar-refractivity contribution in [3.05, 3.63) is 60.3 Å². The Morgan fingerprint density at radius 2 is 2.14 bits per heavy atom. The van der Waals surface area contributed by atoms with Crippen molar-refractivity contribution in [1.29, 1.82) is 0 Å². The van der Waals surface area contributed by atoms with Crippen LogP contribution in [0.1, 0.15) is 17.4 Å². The lowest BCUT2D eigenvalue weighted by molar-refractivity contribution is -0.0164. The topological polar surface area (TPSA) is 82.1 Å². The van der Waals surface area contributed by atoms with Gasteiger partial charge in [-0.15, -0.1) is 0 Å². The number of fused-ring (bicyclic) bond motifs is 1. The van der Waals surface area contributed by atoms with E-state index in [1.807, 2.05) is 25.5 Å². The third kappa shape index (κ3) is 3.17. The van der Waals surface area contributed by atoms with Crippen LogP contribution in [0.25, 0.3) is 22.4 Å². The number of pyridine rings is 1. The highest BCUT2D eigenvalue weighted by Crippen LogP contribution is 2.28. The number of morpholine rings is 1. The predicted molar refractivity (Wildman–Crippen MR) is 102 cm³/mol. The molecule has 0 amide bonds. The van der Waals surface area contributed by atoms with E-state index in [2.05, 4.69) is 49.4 Å². The normalized spacial score (nSPS) is 18.0. The van der Waals surface area contributed by atoms with Crippen LogP contribution >= 0.6 is 0 Å². The van der Waals surface area contributed by atoms with Gasteiger partial charge in [-0.05, 0) is 11.6 Å². The van der Waals surface area contributed by atoms with Gasteiger partial charge in [0.15, 0.2) is 5.82 Å². The fourth-order valence-electron chi connectivity index (χ4n) is 3.60. The van der Waals surface area contributed by atoms with Crippen molar-refractivity contribution in [2.24, 2.45) is 7.05 Å². The second-order valence-corrected chi connectivity index (χ2v) is 6.91. The molecule has 0 N–H and O–H groups in total. The van der Waals surface area contributed by atoms with Crippen molar-refractivity contribution < 1.29 is 9.26 Å². The summed E-state index contributed by atoms with van der Waals surface area (Å²) in [6.07, 6.45) is 5.41. The molecule has 4 heterocycles. The molecule has 28 heavy (non-hydrogen) atoms. The number of hydrogen-bond donors (Lipinski definition) is 0. The van der Waals surface area contributed by atoms with E-state index >= 15 is 0 Å². The summed E-state index contributed by atoms with van der Waals surface area (Å²) in [5.74, 6) is 1.10. The Hall–Kier alpha value is -3.10. The Morgan fingerprint density at radius 3 is 3.04 bits per heavy atom. The van der Waals surface area contributed by atoms with E-state index in [1.54, 1.807) is 10.9 Å². The summed E-state index contributed by atoms with van der Waals surface area (Å²) in [5.41, 5.74) is 3.02. The fraction of sp³-hybridized carbons (Fsp3) is 0.300. The monoisotopic (exact) mass is 376 g/mol. The van der Waals surface area contributed by atoms with Gasteiger partial charge in [-0.1, -0.05) is 29.4 Å². The molecule has 0 aliphatic carbocycles. The maximum Gasteiger partial charge on any atom is 0.261 e. The number of aromatic nitrogens is 5. The largest absolute Gasteiger partial charge is 0.378 e. The second kappa shape index (κ2) is 7.14. The molecule has 8 heteroatoms. The van der Waals surface area contributed by atoms with Gasteiger partial charge >= 0.3 is 0 Å². The number of hydrogen-bond acceptors (Lipinski definition) is 7. The first kappa shape index (κ1) is 17.0. The van der Waals surface area contributed by atoms with Gasteiger partial charge in [0.1, 0.15) is 0 Å². The Balaban J connectivity index is 1.43. The lowest BCUT2D eigenvalue weighted by Gasteiger charge is -2.33. The number of aryl methyl sites for hydroxylation is 1. The Labute approximate surface area is 161 Å². The summed E-state index contributed by atoms with van der Waals surface area (Å²) in [5, 5.41) is 9.52. The number of ether oxygens (including phenoxy) is 1. The van der Waals surface area contributed by atoms with Crippen LogP contribution in [0.4, 0.5) is 0 Å². The van der Waals surface area contributed by atoms with E-state index in [4.69, 9.17) is 9.26 Å². The fourth-order valence-corrected chi connectivity index (χ4v) is 3.60. The minimum atomic E-state index is -0.0677. The SMILES string of the molecule is Cn1cc(-c2nc([C@@H]3COCCN3Cc3cccc4cccnc34)no2)cn1. The quantitative estimate of drug-likeness (QED) is 0.541. The molecule has 1 fully saturated rings. The molecule has 0 spiro atoms. The van der Waals surface area contributed by atoms with E-state index < -0.39 is 0 Å². The van der Waals surface area contributed by atoms with Crippen LogP contribution in [0.2, 0.25) is 0 Å². The van der Waals surface area contributed by atoms with Gasteiger partial charge in [0.2, 0.25) is 0 Å². The molecule has 0 unspecified atom stereocenters. The molecule has 8 nitrogen and oxygen atoms in total. The molecule has 1 aliphatic rings. The minimum Gasteiger partial charge on any atom is -0.378 e. The van der Waals surface area contributed by atoms with E-state index in [0.29, 0.717) is 24.9 Å². The van der Waals surface area contributed by atoms with Crippen molar-refractivity contribution in [1.82, 2.24) is 29.8 Å². The summed E-state index contributed by atoms with van der Waals surface area (Å²) < 4.78 is 12.9. The van der Waals surface area contributed by atoms with Gasteiger partial charge in [0.25, 0.3) is 5.89 Å². The maximum absolute atomic E-state index is 5.72. The van der Waals surface area contributed by atoms with Crippen LogP contribution in [-0.4, -0.2) is 49.6 Å². The van der Waals surface area contributed by atoms with Gasteiger partial charge < -0.3 is 9.26 Å². The van der Waals surface area contributed by atoms with Crippen LogP contribution in [0.5, 0.6) is 0 Å². The Kier molecular flexibility index (Phi) is 4.34. The lowest BCUT2D eigenvalue weighted by atomic mass is 10.1. The first-order valence-electron chi connectivity index (χ1n) is 9.25. The molecule has 0 bridgehead atoms. The molecule has 1 atom stereocenters. The van der Waals surface area contributed by atoms with Crippen LogP contribution < -0.4 is 0 Å². The average molecular weight is 376 g/mol.